The van der Waals surface area contributed by atoms with Crippen molar-refractivity contribution >= 4 is 11.4 Å². The van der Waals surface area contributed by atoms with Crippen LogP contribution in [-0.2, 0) is 6.54 Å². The molecule has 1 aliphatic heterocycles. The predicted octanol–water partition coefficient (Wildman–Crippen LogP) is 2.13. The lowest BCUT2D eigenvalue weighted by molar-refractivity contribution is -0.384. The van der Waals surface area contributed by atoms with Gasteiger partial charge in [-0.25, -0.2) is 4.39 Å². The molecule has 2 aromatic rings. The van der Waals surface area contributed by atoms with Crippen LogP contribution in [0.3, 0.4) is 0 Å². The van der Waals surface area contributed by atoms with E-state index >= 15 is 0 Å². The summed E-state index contributed by atoms with van der Waals surface area (Å²) in [7, 11) is 2.08. The zero-order valence-corrected chi connectivity index (χ0v) is 14.0. The number of hydrogen-bond acceptors (Lipinski definition) is 6. The van der Waals surface area contributed by atoms with Crippen molar-refractivity contribution in [3.63, 3.8) is 0 Å². The molecule has 2 heterocycles. The summed E-state index contributed by atoms with van der Waals surface area (Å²) in [5.41, 5.74) is 7.29. The smallest absolute Gasteiger partial charge is 0.310 e. The van der Waals surface area contributed by atoms with Gasteiger partial charge in [-0.15, -0.1) is 0 Å². The normalized spacial score (nSPS) is 16.1. The van der Waals surface area contributed by atoms with Gasteiger partial charge in [-0.05, 0) is 36.4 Å². The lowest BCUT2D eigenvalue weighted by Gasteiger charge is -2.32. The number of nitrogens with zero attached hydrogens (tertiary/aromatic N) is 4. The first-order chi connectivity index (χ1) is 11.9. The lowest BCUT2D eigenvalue weighted by Crippen LogP contribution is -2.43. The lowest BCUT2D eigenvalue weighted by atomic mass is 10.0. The molecule has 2 N–H and O–H groups in total. The third-order valence-corrected chi connectivity index (χ3v) is 4.43. The fraction of sp³-hybridized carbons (Fsp3) is 0.353. The molecule has 1 aromatic carbocycles. The highest BCUT2D eigenvalue weighted by molar-refractivity contribution is 5.81. The zero-order chi connectivity index (χ0) is 18.0. The average molecular weight is 345 g/mol. The van der Waals surface area contributed by atoms with Crippen molar-refractivity contribution in [2.45, 2.75) is 6.54 Å². The highest BCUT2D eigenvalue weighted by Gasteiger charge is 2.18. The summed E-state index contributed by atoms with van der Waals surface area (Å²) in [4.78, 5) is 18.8. The number of aromatic nitrogens is 1. The molecule has 0 saturated carbocycles. The summed E-state index contributed by atoms with van der Waals surface area (Å²) in [5.74, 6) is -0.396. The second-order valence-corrected chi connectivity index (χ2v) is 6.30. The van der Waals surface area contributed by atoms with Gasteiger partial charge in [0.05, 0.1) is 4.92 Å². The van der Waals surface area contributed by atoms with Crippen molar-refractivity contribution in [1.29, 1.82) is 0 Å². The number of nitrogens with two attached hydrogens (primary N) is 1. The minimum absolute atomic E-state index is 0.00357. The van der Waals surface area contributed by atoms with E-state index in [4.69, 9.17) is 5.73 Å². The maximum atomic E-state index is 14.1. The first-order valence-electron chi connectivity index (χ1n) is 8.02. The second kappa shape index (κ2) is 7.12. The van der Waals surface area contributed by atoms with E-state index in [1.165, 1.54) is 18.3 Å². The van der Waals surface area contributed by atoms with Crippen LogP contribution in [0.25, 0.3) is 11.1 Å². The maximum Gasteiger partial charge on any atom is 0.310 e. The van der Waals surface area contributed by atoms with E-state index in [9.17, 15) is 14.5 Å². The summed E-state index contributed by atoms with van der Waals surface area (Å²) in [5, 5.41) is 11.0. The van der Waals surface area contributed by atoms with Crippen LogP contribution < -0.4 is 5.73 Å². The van der Waals surface area contributed by atoms with E-state index in [1.54, 1.807) is 0 Å². The third-order valence-electron chi connectivity index (χ3n) is 4.43. The fourth-order valence-electron chi connectivity index (χ4n) is 3.00. The predicted molar refractivity (Wildman–Crippen MR) is 93.5 cm³/mol. The Bertz CT molecular complexity index is 791. The first kappa shape index (κ1) is 17.2. The van der Waals surface area contributed by atoms with E-state index in [0.717, 1.165) is 37.9 Å². The first-order valence-corrected chi connectivity index (χ1v) is 8.02. The molecular formula is C17H20FN5O2. The molecule has 0 amide bonds. The fourth-order valence-corrected chi connectivity index (χ4v) is 3.00. The Morgan fingerprint density at radius 2 is 1.96 bits per heavy atom. The van der Waals surface area contributed by atoms with Crippen molar-refractivity contribution in [2.24, 2.45) is 0 Å². The van der Waals surface area contributed by atoms with Crippen LogP contribution in [0.2, 0.25) is 0 Å². The molecule has 3 rings (SSSR count). The summed E-state index contributed by atoms with van der Waals surface area (Å²) in [6.45, 7) is 4.42. The summed E-state index contributed by atoms with van der Waals surface area (Å²) in [6.07, 6.45) is 2.53. The average Bonchev–Trinajstić information content (AvgIpc) is 2.56. The number of anilines is 1. The molecule has 25 heavy (non-hydrogen) atoms. The topological polar surface area (TPSA) is 88.5 Å². The highest BCUT2D eigenvalue weighted by atomic mass is 19.1. The van der Waals surface area contributed by atoms with Crippen LogP contribution in [-0.4, -0.2) is 52.9 Å². The number of nitrogen functional groups attached to an aromatic ring is 1. The van der Waals surface area contributed by atoms with Gasteiger partial charge in [-0.3, -0.25) is 20.0 Å². The third kappa shape index (κ3) is 3.92. The van der Waals surface area contributed by atoms with Gasteiger partial charge >= 0.3 is 5.69 Å². The molecule has 0 spiro atoms. The molecule has 1 fully saturated rings. The molecule has 1 saturated heterocycles. The summed E-state index contributed by atoms with van der Waals surface area (Å²) < 4.78 is 14.1. The highest BCUT2D eigenvalue weighted by Crippen LogP contribution is 2.33. The Labute approximate surface area is 145 Å². The quantitative estimate of drug-likeness (QED) is 0.674. The van der Waals surface area contributed by atoms with E-state index in [2.05, 4.69) is 21.8 Å². The van der Waals surface area contributed by atoms with Crippen molar-refractivity contribution < 1.29 is 9.31 Å². The van der Waals surface area contributed by atoms with Crippen LogP contribution in [0.1, 0.15) is 5.56 Å². The zero-order valence-electron chi connectivity index (χ0n) is 14.0. The standard InChI is InChI=1S/C17H20FN5O2/c1-21-2-4-22(5-3-21)11-12-6-13(8-14(18)7-12)15-9-20-10-16(17(15)19)23(24)25/h6-10H,2-5,11H2,1H3,(H2,19,20). The second-order valence-electron chi connectivity index (χ2n) is 6.30. The number of pyridine rings is 1. The van der Waals surface area contributed by atoms with Crippen LogP contribution in [0.15, 0.2) is 30.6 Å². The molecule has 0 radical (unpaired) electrons. The van der Waals surface area contributed by atoms with E-state index in [0.29, 0.717) is 17.7 Å². The van der Waals surface area contributed by atoms with Crippen molar-refractivity contribution in [3.05, 3.63) is 52.1 Å². The van der Waals surface area contributed by atoms with Gasteiger partial charge in [0.25, 0.3) is 0 Å². The Morgan fingerprint density at radius 3 is 2.64 bits per heavy atom. The van der Waals surface area contributed by atoms with Gasteiger partial charge in [0.2, 0.25) is 0 Å². The molecule has 0 atom stereocenters. The number of nitro groups is 1. The van der Waals surface area contributed by atoms with Crippen molar-refractivity contribution in [1.82, 2.24) is 14.8 Å². The van der Waals surface area contributed by atoms with Gasteiger partial charge in [-0.2, -0.15) is 0 Å². The molecule has 132 valence electrons. The minimum atomic E-state index is -0.587. The SMILES string of the molecule is CN1CCN(Cc2cc(F)cc(-c3cncc([N+](=O)[O-])c3N)c2)CC1. The molecule has 0 unspecified atom stereocenters. The number of halogens is 1. The Balaban J connectivity index is 1.90. The number of piperazine rings is 1. The Hall–Kier alpha value is -2.58. The Morgan fingerprint density at radius 1 is 1.24 bits per heavy atom. The molecule has 7 nitrogen and oxygen atoms in total. The van der Waals surface area contributed by atoms with Crippen LogP contribution in [0.5, 0.6) is 0 Å². The van der Waals surface area contributed by atoms with E-state index < -0.39 is 10.7 Å². The van der Waals surface area contributed by atoms with Crippen LogP contribution in [0.4, 0.5) is 15.8 Å². The summed E-state index contributed by atoms with van der Waals surface area (Å²) in [6, 6.07) is 4.63. The van der Waals surface area contributed by atoms with Gasteiger partial charge in [0.15, 0.2) is 0 Å². The molecule has 8 heteroatoms. The minimum Gasteiger partial charge on any atom is -0.393 e. The van der Waals surface area contributed by atoms with Gasteiger partial charge in [0.1, 0.15) is 17.7 Å². The molecule has 1 aromatic heterocycles. The molecular weight excluding hydrogens is 325 g/mol. The van der Waals surface area contributed by atoms with Gasteiger partial charge in [-0.1, -0.05) is 0 Å². The maximum absolute atomic E-state index is 14.1. The Kier molecular flexibility index (Phi) is 4.91. The monoisotopic (exact) mass is 345 g/mol. The molecule has 0 aliphatic carbocycles. The van der Waals surface area contributed by atoms with E-state index in [-0.39, 0.29) is 11.4 Å². The van der Waals surface area contributed by atoms with Gasteiger partial charge in [0, 0.05) is 44.5 Å². The van der Waals surface area contributed by atoms with Crippen LogP contribution in [0, 0.1) is 15.9 Å². The molecule has 0 bridgehead atoms. The van der Waals surface area contributed by atoms with Crippen LogP contribution >= 0.6 is 0 Å². The van der Waals surface area contributed by atoms with E-state index in [1.807, 2.05) is 6.07 Å². The number of rotatable bonds is 4. The van der Waals surface area contributed by atoms with Crippen molar-refractivity contribution in [2.75, 3.05) is 39.0 Å². The largest absolute Gasteiger partial charge is 0.393 e. The summed E-state index contributed by atoms with van der Waals surface area (Å²) >= 11 is 0. The number of benzene rings is 1. The van der Waals surface area contributed by atoms with Crippen molar-refractivity contribution in [3.8, 4) is 11.1 Å². The number of likely N-dealkylation sites (N-methyl/N-ethyl adjacent to an activating group) is 1. The van der Waals surface area contributed by atoms with Gasteiger partial charge < -0.3 is 10.6 Å². The number of hydrogen-bond donors (Lipinski definition) is 1. The molecule has 1 aliphatic rings.